The van der Waals surface area contributed by atoms with E-state index in [1.165, 1.54) is 38.2 Å². The molecule has 1 radical (unpaired) electrons. The van der Waals surface area contributed by atoms with Crippen LogP contribution >= 0.6 is 11.3 Å². The summed E-state index contributed by atoms with van der Waals surface area (Å²) >= 11 is 1.66. The fourth-order valence-corrected chi connectivity index (χ4v) is 7.71. The van der Waals surface area contributed by atoms with E-state index in [1.807, 2.05) is 18.2 Å². The van der Waals surface area contributed by atoms with Gasteiger partial charge in [-0.1, -0.05) is 155 Å². The number of rotatable bonds is 5. The van der Waals surface area contributed by atoms with Crippen molar-refractivity contribution in [3.05, 3.63) is 199 Å². The average Bonchev–Trinajstić information content (AvgIpc) is 3.84. The van der Waals surface area contributed by atoms with Crippen LogP contribution in [0.2, 0.25) is 0 Å². The van der Waals surface area contributed by atoms with Gasteiger partial charge in [-0.2, -0.15) is 0 Å². The number of thiophene rings is 1. The van der Waals surface area contributed by atoms with Crippen LogP contribution in [0.4, 0.5) is 0 Å². The van der Waals surface area contributed by atoms with Crippen molar-refractivity contribution in [2.45, 2.75) is 6.85 Å². The van der Waals surface area contributed by atoms with Gasteiger partial charge in [0.15, 0.2) is 0 Å². The molecule has 0 aliphatic carbocycles. The molecule has 3 heterocycles. The number of hydrogen-bond donors (Lipinski definition) is 0. The molecule has 0 amide bonds. The minimum Gasteiger partial charge on any atom is -0.332 e. The third kappa shape index (κ3) is 6.81. The van der Waals surface area contributed by atoms with Crippen molar-refractivity contribution >= 4 is 43.2 Å². The number of fused-ring (bicyclic) bond motifs is 3. The molecule has 0 bridgehead atoms. The SMILES string of the molecule is [2H]C([2H])([2H])c1ccc(-c2[c-]cccc2)nc1.[Ir].[c-]1sc2cc3ccccc3cc2c1-c1nc2ccccc2n1-c1c(-c2ccccc2)cccc1-c1ccccc1. The minimum absolute atomic E-state index is 0. The molecule has 3 nitrogen and oxygen atoms in total. The van der Waals surface area contributed by atoms with Gasteiger partial charge in [0.05, 0.1) is 22.5 Å². The second-order valence-corrected chi connectivity index (χ2v) is 13.5. The number of benzene rings is 7. The van der Waals surface area contributed by atoms with Gasteiger partial charge in [0, 0.05) is 41.5 Å². The molecule has 261 valence electrons. The van der Waals surface area contributed by atoms with Crippen LogP contribution in [0.3, 0.4) is 0 Å². The van der Waals surface area contributed by atoms with Crippen LogP contribution in [-0.4, -0.2) is 14.5 Å². The van der Waals surface area contributed by atoms with Crippen molar-refractivity contribution < 1.29 is 24.2 Å². The van der Waals surface area contributed by atoms with Gasteiger partial charge in [0.2, 0.25) is 0 Å². The van der Waals surface area contributed by atoms with Crippen molar-refractivity contribution in [2.24, 2.45) is 0 Å². The van der Waals surface area contributed by atoms with Crippen LogP contribution in [-0.2, 0) is 20.1 Å². The zero-order valence-electron chi connectivity index (χ0n) is 31.9. The third-order valence-electron chi connectivity index (χ3n) is 9.34. The van der Waals surface area contributed by atoms with E-state index in [-0.39, 0.29) is 25.7 Å². The zero-order chi connectivity index (χ0) is 38.1. The Morgan fingerprint density at radius 1 is 0.648 bits per heavy atom. The molecule has 5 heteroatoms. The molecule has 0 aliphatic rings. The fraction of sp³-hybridized carbons (Fsp3) is 0.0204. The molecule has 0 unspecified atom stereocenters. The van der Waals surface area contributed by atoms with Crippen LogP contribution < -0.4 is 0 Å². The molecule has 0 atom stereocenters. The Morgan fingerprint density at radius 3 is 1.98 bits per heavy atom. The van der Waals surface area contributed by atoms with Crippen molar-refractivity contribution in [2.75, 3.05) is 0 Å². The Morgan fingerprint density at radius 2 is 1.31 bits per heavy atom. The Bertz CT molecular complexity index is 2890. The molecular weight excluding hydrogens is 855 g/mol. The minimum atomic E-state index is -2.09. The van der Waals surface area contributed by atoms with Crippen LogP contribution in [0.15, 0.2) is 182 Å². The molecule has 0 spiro atoms. The normalized spacial score (nSPS) is 12.0. The molecule has 54 heavy (non-hydrogen) atoms. The van der Waals surface area contributed by atoms with Crippen LogP contribution in [0.25, 0.3) is 82.5 Å². The first kappa shape index (κ1) is 31.5. The maximum atomic E-state index is 7.23. The van der Waals surface area contributed by atoms with E-state index >= 15 is 0 Å². The summed E-state index contributed by atoms with van der Waals surface area (Å²) in [5.41, 5.74) is 10.7. The molecule has 3 aromatic heterocycles. The molecule has 0 aliphatic heterocycles. The van der Waals surface area contributed by atoms with Crippen molar-refractivity contribution in [3.8, 4) is 50.6 Å². The molecule has 0 saturated carbocycles. The topological polar surface area (TPSA) is 30.7 Å². The number of pyridine rings is 1. The summed E-state index contributed by atoms with van der Waals surface area (Å²) in [5, 5.41) is 7.30. The van der Waals surface area contributed by atoms with E-state index in [0.717, 1.165) is 50.5 Å². The van der Waals surface area contributed by atoms with Gasteiger partial charge in [-0.05, 0) is 52.1 Å². The predicted octanol–water partition coefficient (Wildman–Crippen LogP) is 13.0. The Kier molecular flexibility index (Phi) is 9.09. The Labute approximate surface area is 336 Å². The Balaban J connectivity index is 0.000000226. The van der Waals surface area contributed by atoms with E-state index in [1.54, 1.807) is 29.5 Å². The molecule has 10 rings (SSSR count). The van der Waals surface area contributed by atoms with Gasteiger partial charge in [-0.3, -0.25) is 16.3 Å². The second kappa shape index (κ2) is 15.6. The van der Waals surface area contributed by atoms with Crippen molar-refractivity contribution in [1.29, 1.82) is 0 Å². The molecule has 0 N–H and O–H groups in total. The van der Waals surface area contributed by atoms with Gasteiger partial charge in [-0.15, -0.1) is 41.3 Å². The smallest absolute Gasteiger partial charge is 0.0774 e. The predicted molar refractivity (Wildman–Crippen MR) is 222 cm³/mol. The van der Waals surface area contributed by atoms with Crippen LogP contribution in [0, 0.1) is 18.3 Å². The van der Waals surface area contributed by atoms with Gasteiger partial charge in [-0.25, -0.2) is 0 Å². The quantitative estimate of drug-likeness (QED) is 0.161. The first-order valence-electron chi connectivity index (χ1n) is 18.9. The van der Waals surface area contributed by atoms with Crippen LogP contribution in [0.5, 0.6) is 0 Å². The summed E-state index contributed by atoms with van der Waals surface area (Å²) in [7, 11) is 0. The fourth-order valence-electron chi connectivity index (χ4n) is 6.84. The van der Waals surface area contributed by atoms with Crippen molar-refractivity contribution in [1.82, 2.24) is 14.5 Å². The maximum absolute atomic E-state index is 7.23. The number of para-hydroxylation sites is 3. The number of imidazole rings is 1. The third-order valence-corrected chi connectivity index (χ3v) is 10.2. The van der Waals surface area contributed by atoms with E-state index in [2.05, 4.69) is 161 Å². The zero-order valence-corrected chi connectivity index (χ0v) is 32.1. The molecular formula is C49H33IrN3S-2. The Hall–Kier alpha value is -5.97. The summed E-state index contributed by atoms with van der Waals surface area (Å²) in [6.07, 6.45) is 1.39. The molecule has 10 aromatic rings. The molecule has 0 saturated heterocycles. The van der Waals surface area contributed by atoms with Gasteiger partial charge < -0.3 is 9.55 Å². The summed E-state index contributed by atoms with van der Waals surface area (Å²) in [4.78, 5) is 9.39. The average molecular weight is 891 g/mol. The standard InChI is InChI=1S/C37H23N2S.C12H10N.Ir/c1-3-12-25(13-4-1)29-18-11-19-30(26-14-5-2-6-15-26)36(29)39-34-21-10-9-20-33(34)38-37(39)32-24-40-35-23-28-17-8-7-16-27(28)22-31(32)35;1-10-7-8-12(13-9-10)11-5-3-2-4-6-11;/h1-23H;2-5,7-9H,1H3;/q2*-1;/i;1D3;. The van der Waals surface area contributed by atoms with E-state index in [0.29, 0.717) is 0 Å². The van der Waals surface area contributed by atoms with Gasteiger partial charge in [0.1, 0.15) is 0 Å². The molecule has 7 aromatic carbocycles. The first-order valence-corrected chi connectivity index (χ1v) is 18.2. The monoisotopic (exact) mass is 891 g/mol. The van der Waals surface area contributed by atoms with E-state index < -0.39 is 6.85 Å². The summed E-state index contributed by atoms with van der Waals surface area (Å²) in [6, 6.07) is 63.2. The number of hydrogen-bond acceptors (Lipinski definition) is 3. The second-order valence-electron chi connectivity index (χ2n) is 12.7. The molecule has 0 fully saturated rings. The van der Waals surface area contributed by atoms with Gasteiger partial charge in [0.25, 0.3) is 0 Å². The van der Waals surface area contributed by atoms with Crippen LogP contribution in [0.1, 0.15) is 9.68 Å². The van der Waals surface area contributed by atoms with E-state index in [4.69, 9.17) is 9.10 Å². The summed E-state index contributed by atoms with van der Waals surface area (Å²) < 4.78 is 25.3. The first-order chi connectivity index (χ1) is 27.4. The van der Waals surface area contributed by atoms with Crippen molar-refractivity contribution in [3.63, 3.8) is 0 Å². The van der Waals surface area contributed by atoms with E-state index in [9.17, 15) is 0 Å². The largest absolute Gasteiger partial charge is 0.332 e. The number of aromatic nitrogens is 3. The summed E-state index contributed by atoms with van der Waals surface area (Å²) in [5.74, 6) is 0.906. The number of aryl methyl sites for hydroxylation is 1. The van der Waals surface area contributed by atoms with Gasteiger partial charge >= 0.3 is 0 Å². The maximum Gasteiger partial charge on any atom is 0.0774 e. The summed E-state index contributed by atoms with van der Waals surface area (Å²) in [6.45, 7) is -2.09. The number of nitrogens with zero attached hydrogens (tertiary/aromatic N) is 3.